The molecule has 2 N–H and O–H groups in total. The van der Waals surface area contributed by atoms with Gasteiger partial charge in [0.2, 0.25) is 0 Å². The molecule has 0 bridgehead atoms. The van der Waals surface area contributed by atoms with E-state index in [4.69, 9.17) is 9.57 Å². The maximum Gasteiger partial charge on any atom is 0.263 e. The molecule has 3 saturated heterocycles. The molecule has 3 aliphatic heterocycles. The first-order chi connectivity index (χ1) is 20.5. The molecule has 6 rings (SSSR count). The smallest absolute Gasteiger partial charge is 0.263 e. The van der Waals surface area contributed by atoms with Crippen molar-refractivity contribution in [3.8, 4) is 11.5 Å². The van der Waals surface area contributed by atoms with Crippen molar-refractivity contribution in [1.29, 1.82) is 0 Å². The zero-order valence-corrected chi connectivity index (χ0v) is 24.5. The third kappa shape index (κ3) is 7.67. The van der Waals surface area contributed by atoms with Gasteiger partial charge in [0.25, 0.3) is 5.91 Å². The van der Waals surface area contributed by atoms with Crippen molar-refractivity contribution < 1.29 is 19.5 Å². The number of aromatic hydroxyl groups is 1. The van der Waals surface area contributed by atoms with E-state index in [1.807, 2.05) is 30.3 Å². The quantitative estimate of drug-likeness (QED) is 0.455. The van der Waals surface area contributed by atoms with Crippen molar-refractivity contribution in [3.63, 3.8) is 0 Å². The zero-order valence-electron chi connectivity index (χ0n) is 24.5. The Morgan fingerprint density at radius 3 is 2.19 bits per heavy atom. The SMILES string of the molecule is COc1ccc(N2CCNCC2)nc1.Cc1ccc(CN2OCCC(N3CCN(c4ccc(O)cn4)CC3)C2=O)cc1. The Morgan fingerprint density at radius 1 is 0.905 bits per heavy atom. The van der Waals surface area contributed by atoms with Crippen molar-refractivity contribution in [2.45, 2.75) is 25.9 Å². The number of amides is 1. The highest BCUT2D eigenvalue weighted by molar-refractivity contribution is 5.81. The van der Waals surface area contributed by atoms with Gasteiger partial charge in [-0.1, -0.05) is 29.8 Å². The van der Waals surface area contributed by atoms with E-state index in [1.165, 1.54) is 16.8 Å². The molecule has 1 atom stereocenters. The average molecular weight is 576 g/mol. The summed E-state index contributed by atoms with van der Waals surface area (Å²) in [5, 5.41) is 14.2. The van der Waals surface area contributed by atoms with Gasteiger partial charge in [0.15, 0.2) is 0 Å². The monoisotopic (exact) mass is 575 g/mol. The summed E-state index contributed by atoms with van der Waals surface area (Å²) in [5.74, 6) is 2.92. The van der Waals surface area contributed by atoms with Crippen molar-refractivity contribution in [2.24, 2.45) is 0 Å². The molecule has 0 aliphatic carbocycles. The Bertz CT molecular complexity index is 1260. The Hall–Kier alpha value is -3.93. The molecule has 5 heterocycles. The summed E-state index contributed by atoms with van der Waals surface area (Å²) in [6, 6.07) is 15.5. The number of piperazine rings is 2. The third-order valence-corrected chi connectivity index (χ3v) is 7.82. The van der Waals surface area contributed by atoms with Gasteiger partial charge in [-0.15, -0.1) is 0 Å². The van der Waals surface area contributed by atoms with Gasteiger partial charge in [-0.2, -0.15) is 0 Å². The van der Waals surface area contributed by atoms with E-state index in [0.717, 1.165) is 81.7 Å². The Labute approximate surface area is 247 Å². The second-order valence-corrected chi connectivity index (χ2v) is 10.7. The maximum atomic E-state index is 13.0. The highest BCUT2D eigenvalue weighted by Gasteiger charge is 2.36. The molecule has 0 spiro atoms. The topological polar surface area (TPSA) is 107 Å². The molecule has 1 unspecified atom stereocenters. The predicted molar refractivity (Wildman–Crippen MR) is 162 cm³/mol. The first-order valence-electron chi connectivity index (χ1n) is 14.6. The third-order valence-electron chi connectivity index (χ3n) is 7.82. The van der Waals surface area contributed by atoms with E-state index in [2.05, 4.69) is 49.0 Å². The lowest BCUT2D eigenvalue weighted by molar-refractivity contribution is -0.211. The fourth-order valence-corrected chi connectivity index (χ4v) is 5.35. The molecule has 3 aliphatic rings. The van der Waals surface area contributed by atoms with E-state index < -0.39 is 0 Å². The number of nitrogens with one attached hydrogen (secondary N) is 1. The van der Waals surface area contributed by atoms with E-state index in [1.54, 1.807) is 19.4 Å². The number of aryl methyl sites for hydroxylation is 1. The lowest BCUT2D eigenvalue weighted by Gasteiger charge is -2.42. The highest BCUT2D eigenvalue weighted by Crippen LogP contribution is 2.22. The number of hydrogen-bond donors (Lipinski definition) is 2. The van der Waals surface area contributed by atoms with Gasteiger partial charge < -0.3 is 25.0 Å². The molecule has 11 nitrogen and oxygen atoms in total. The van der Waals surface area contributed by atoms with E-state index in [-0.39, 0.29) is 17.7 Å². The maximum absolute atomic E-state index is 13.0. The van der Waals surface area contributed by atoms with Gasteiger partial charge in [0, 0.05) is 52.4 Å². The molecule has 1 amide bonds. The minimum Gasteiger partial charge on any atom is -0.506 e. The molecule has 3 fully saturated rings. The molecule has 224 valence electrons. The number of benzene rings is 1. The van der Waals surface area contributed by atoms with Gasteiger partial charge in [-0.25, -0.2) is 15.0 Å². The van der Waals surface area contributed by atoms with Crippen LogP contribution in [0.4, 0.5) is 11.6 Å². The number of carbonyl (C=O) groups excluding carboxylic acids is 1. The van der Waals surface area contributed by atoms with Crippen molar-refractivity contribution in [1.82, 2.24) is 25.2 Å². The van der Waals surface area contributed by atoms with Crippen LogP contribution in [0.3, 0.4) is 0 Å². The second-order valence-electron chi connectivity index (χ2n) is 10.7. The summed E-state index contributed by atoms with van der Waals surface area (Å²) in [7, 11) is 1.65. The van der Waals surface area contributed by atoms with Crippen LogP contribution in [0, 0.1) is 6.92 Å². The number of pyridine rings is 2. The summed E-state index contributed by atoms with van der Waals surface area (Å²) in [4.78, 5) is 34.0. The van der Waals surface area contributed by atoms with E-state index >= 15 is 0 Å². The Balaban J connectivity index is 0.000000211. The minimum absolute atomic E-state index is 0.0445. The lowest BCUT2D eigenvalue weighted by atomic mass is 10.1. The highest BCUT2D eigenvalue weighted by atomic mass is 16.7. The normalized spacial score (nSPS) is 19.7. The molecule has 1 aromatic carbocycles. The second kappa shape index (κ2) is 14.3. The number of nitrogens with zero attached hydrogens (tertiary/aromatic N) is 6. The number of carbonyl (C=O) groups is 1. The first kappa shape index (κ1) is 29.6. The van der Waals surface area contributed by atoms with Crippen LogP contribution in [0.25, 0.3) is 0 Å². The zero-order chi connectivity index (χ0) is 29.3. The van der Waals surface area contributed by atoms with Crippen LogP contribution < -0.4 is 19.9 Å². The van der Waals surface area contributed by atoms with Gasteiger partial charge in [-0.05, 0) is 43.2 Å². The van der Waals surface area contributed by atoms with Crippen molar-refractivity contribution in [3.05, 3.63) is 72.1 Å². The van der Waals surface area contributed by atoms with E-state index in [9.17, 15) is 9.90 Å². The van der Waals surface area contributed by atoms with Gasteiger partial charge >= 0.3 is 0 Å². The van der Waals surface area contributed by atoms with Crippen LogP contribution in [-0.2, 0) is 16.2 Å². The van der Waals surface area contributed by atoms with Gasteiger partial charge in [0.05, 0.1) is 38.7 Å². The standard InChI is InChI=1S/C21H26N4O3.C10H15N3O/c1-16-2-4-17(5-3-16)15-25-21(27)19(8-13-28-25)23-9-11-24(12-10-23)20-7-6-18(26)14-22-20;1-14-9-2-3-10(12-8-9)13-6-4-11-5-7-13/h2-7,14,19,26H,8-13,15H2,1H3;2-3,8,11H,4-7H2,1H3. The predicted octanol–water partition coefficient (Wildman–Crippen LogP) is 2.45. The minimum atomic E-state index is -0.130. The fraction of sp³-hybridized carbons (Fsp3) is 0.452. The van der Waals surface area contributed by atoms with Crippen LogP contribution in [0.2, 0.25) is 0 Å². The molecule has 2 aromatic heterocycles. The van der Waals surface area contributed by atoms with Crippen LogP contribution in [0.5, 0.6) is 11.5 Å². The molecular weight excluding hydrogens is 534 g/mol. The summed E-state index contributed by atoms with van der Waals surface area (Å²) < 4.78 is 5.06. The van der Waals surface area contributed by atoms with E-state index in [0.29, 0.717) is 13.2 Å². The molecule has 11 heteroatoms. The summed E-state index contributed by atoms with van der Waals surface area (Å²) in [6.07, 6.45) is 3.95. The molecule has 42 heavy (non-hydrogen) atoms. The van der Waals surface area contributed by atoms with Crippen molar-refractivity contribution >= 4 is 17.5 Å². The average Bonchev–Trinajstić information content (AvgIpc) is 3.04. The largest absolute Gasteiger partial charge is 0.506 e. The fourth-order valence-electron chi connectivity index (χ4n) is 5.35. The molecule has 0 radical (unpaired) electrons. The number of hydroxylamine groups is 2. The summed E-state index contributed by atoms with van der Waals surface area (Å²) >= 11 is 0. The molecule has 0 saturated carbocycles. The van der Waals surface area contributed by atoms with Crippen LogP contribution in [0.15, 0.2) is 60.9 Å². The van der Waals surface area contributed by atoms with Crippen LogP contribution in [0.1, 0.15) is 17.5 Å². The number of aromatic nitrogens is 2. The van der Waals surface area contributed by atoms with Gasteiger partial charge in [-0.3, -0.25) is 14.5 Å². The van der Waals surface area contributed by atoms with Crippen LogP contribution >= 0.6 is 0 Å². The Morgan fingerprint density at radius 2 is 1.57 bits per heavy atom. The Kier molecular flexibility index (Phi) is 10.1. The molecular formula is C31H41N7O4. The summed E-state index contributed by atoms with van der Waals surface area (Å²) in [6.45, 7) is 10.4. The van der Waals surface area contributed by atoms with Crippen LogP contribution in [-0.4, -0.2) is 103 Å². The first-order valence-corrected chi connectivity index (χ1v) is 14.6. The summed E-state index contributed by atoms with van der Waals surface area (Å²) in [5.41, 5.74) is 2.27. The number of hydrogen-bond acceptors (Lipinski definition) is 10. The molecule has 3 aromatic rings. The number of anilines is 2. The number of ether oxygens (including phenoxy) is 1. The van der Waals surface area contributed by atoms with Crippen molar-refractivity contribution in [2.75, 3.05) is 75.9 Å². The van der Waals surface area contributed by atoms with Gasteiger partial charge in [0.1, 0.15) is 23.1 Å². The number of rotatable bonds is 6. The lowest BCUT2D eigenvalue weighted by Crippen LogP contribution is -2.58. The number of methoxy groups -OCH3 is 1.